The van der Waals surface area contributed by atoms with Gasteiger partial charge in [0.2, 0.25) is 0 Å². The van der Waals surface area contributed by atoms with Gasteiger partial charge in [-0.25, -0.2) is 0 Å². The molecule has 6 nitrogen and oxygen atoms in total. The molecule has 2 aromatic carbocycles. The Bertz CT molecular complexity index is 1230. The van der Waals surface area contributed by atoms with Crippen molar-refractivity contribution >= 4 is 40.1 Å². The topological polar surface area (TPSA) is 74.9 Å². The van der Waals surface area contributed by atoms with E-state index >= 15 is 8.78 Å². The molecule has 0 bridgehead atoms. The van der Waals surface area contributed by atoms with Crippen LogP contribution in [0.15, 0.2) is 46.9 Å². The Labute approximate surface area is 218 Å². The molecule has 2 atom stereocenters. The number of benzene rings is 2. The van der Waals surface area contributed by atoms with Gasteiger partial charge in [0.05, 0.1) is 17.2 Å². The minimum Gasteiger partial charge on any atom is -0.489 e. The zero-order chi connectivity index (χ0) is 26.0. The summed E-state index contributed by atoms with van der Waals surface area (Å²) in [7, 11) is 0. The van der Waals surface area contributed by atoms with Gasteiger partial charge < -0.3 is 24.5 Å². The monoisotopic (exact) mass is 540 g/mol. The zero-order valence-corrected chi connectivity index (χ0v) is 21.5. The van der Waals surface area contributed by atoms with E-state index in [1.54, 1.807) is 12.1 Å². The summed E-state index contributed by atoms with van der Waals surface area (Å²) in [6.45, 7) is 5.42. The molecule has 0 aliphatic carbocycles. The van der Waals surface area contributed by atoms with Gasteiger partial charge in [-0.2, -0.15) is 8.78 Å². The molecule has 4 rings (SSSR count). The third-order valence-corrected chi connectivity index (χ3v) is 6.61. The van der Waals surface area contributed by atoms with Gasteiger partial charge in [0.15, 0.2) is 5.76 Å². The molecule has 0 spiro atoms. The SMILES string of the molecule is CC(C)Oc1ccc([C@@H](O)[C@@H](CN2CCCC2)NC(=O)C(F)(F)c2cc3cc(Cl)ccc3o2)cc1Cl. The molecule has 0 saturated carbocycles. The Morgan fingerprint density at radius 3 is 2.56 bits per heavy atom. The number of nitrogens with one attached hydrogen (secondary N) is 1. The number of amides is 1. The number of carbonyl (C=O) groups is 1. The molecule has 0 radical (unpaired) electrons. The number of aliphatic hydroxyl groups excluding tert-OH is 1. The van der Waals surface area contributed by atoms with Crippen LogP contribution in [0.25, 0.3) is 11.0 Å². The van der Waals surface area contributed by atoms with Gasteiger partial charge in [-0.15, -0.1) is 0 Å². The molecule has 0 unspecified atom stereocenters. The smallest absolute Gasteiger partial charge is 0.380 e. The summed E-state index contributed by atoms with van der Waals surface area (Å²) in [5.41, 5.74) is 0.566. The minimum atomic E-state index is -3.97. The van der Waals surface area contributed by atoms with Crippen LogP contribution in [0.5, 0.6) is 5.75 Å². The van der Waals surface area contributed by atoms with Crippen LogP contribution in [0.2, 0.25) is 10.0 Å². The molecule has 194 valence electrons. The summed E-state index contributed by atoms with van der Waals surface area (Å²) in [6, 6.07) is 9.28. The summed E-state index contributed by atoms with van der Waals surface area (Å²) in [6.07, 6.45) is 0.533. The molecule has 1 aromatic heterocycles. The predicted molar refractivity (Wildman–Crippen MR) is 135 cm³/mol. The lowest BCUT2D eigenvalue weighted by molar-refractivity contribution is -0.151. The number of furan rings is 1. The van der Waals surface area contributed by atoms with Crippen molar-refractivity contribution in [1.29, 1.82) is 0 Å². The maximum absolute atomic E-state index is 15.2. The van der Waals surface area contributed by atoms with Crippen LogP contribution in [0.1, 0.15) is 44.1 Å². The second-order valence-corrected chi connectivity index (χ2v) is 10.1. The highest BCUT2D eigenvalue weighted by Crippen LogP contribution is 2.35. The number of carbonyl (C=O) groups excluding carboxylic acids is 1. The van der Waals surface area contributed by atoms with Gasteiger partial charge in [0.1, 0.15) is 17.4 Å². The van der Waals surface area contributed by atoms with E-state index in [1.165, 1.54) is 24.3 Å². The Morgan fingerprint density at radius 1 is 1.17 bits per heavy atom. The number of hydrogen-bond acceptors (Lipinski definition) is 5. The fraction of sp³-hybridized carbons (Fsp3) is 0.423. The van der Waals surface area contributed by atoms with Gasteiger partial charge in [-0.1, -0.05) is 29.3 Å². The molecule has 1 saturated heterocycles. The normalized spacial score (nSPS) is 16.4. The summed E-state index contributed by atoms with van der Waals surface area (Å²) < 4.78 is 41.3. The number of ether oxygens (including phenoxy) is 1. The second-order valence-electron chi connectivity index (χ2n) is 9.26. The maximum Gasteiger partial charge on any atom is 0.380 e. The quantitative estimate of drug-likeness (QED) is 0.351. The van der Waals surface area contributed by atoms with E-state index in [4.69, 9.17) is 32.4 Å². The largest absolute Gasteiger partial charge is 0.489 e. The fourth-order valence-electron chi connectivity index (χ4n) is 4.29. The highest BCUT2D eigenvalue weighted by atomic mass is 35.5. The first kappa shape index (κ1) is 26.7. The summed E-state index contributed by atoms with van der Waals surface area (Å²) >= 11 is 12.3. The highest BCUT2D eigenvalue weighted by molar-refractivity contribution is 6.32. The van der Waals surface area contributed by atoms with Crippen molar-refractivity contribution in [2.24, 2.45) is 0 Å². The molecule has 10 heteroatoms. The van der Waals surface area contributed by atoms with Crippen molar-refractivity contribution in [3.05, 3.63) is 63.8 Å². The van der Waals surface area contributed by atoms with Gasteiger partial charge in [-0.05, 0) is 81.7 Å². The average Bonchev–Trinajstić information content (AvgIpc) is 3.49. The van der Waals surface area contributed by atoms with Crippen molar-refractivity contribution in [3.8, 4) is 5.75 Å². The van der Waals surface area contributed by atoms with Gasteiger partial charge in [0, 0.05) is 17.0 Å². The molecule has 3 aromatic rings. The third kappa shape index (κ3) is 5.94. The lowest BCUT2D eigenvalue weighted by atomic mass is 10.0. The Kier molecular flexibility index (Phi) is 8.09. The number of rotatable bonds is 9. The van der Waals surface area contributed by atoms with Crippen LogP contribution in [0.3, 0.4) is 0 Å². The summed E-state index contributed by atoms with van der Waals surface area (Å²) in [5, 5.41) is 14.5. The summed E-state index contributed by atoms with van der Waals surface area (Å²) in [4.78, 5) is 14.9. The molecule has 36 heavy (non-hydrogen) atoms. The van der Waals surface area contributed by atoms with Crippen molar-refractivity contribution in [3.63, 3.8) is 0 Å². The van der Waals surface area contributed by atoms with Crippen molar-refractivity contribution in [2.45, 2.75) is 50.9 Å². The highest BCUT2D eigenvalue weighted by Gasteiger charge is 2.46. The molecule has 2 heterocycles. The van der Waals surface area contributed by atoms with Crippen molar-refractivity contribution < 1.29 is 27.8 Å². The van der Waals surface area contributed by atoms with Gasteiger partial charge in [-0.3, -0.25) is 4.79 Å². The van der Waals surface area contributed by atoms with E-state index in [0.717, 1.165) is 32.0 Å². The molecular weight excluding hydrogens is 513 g/mol. The van der Waals surface area contributed by atoms with Crippen LogP contribution in [0, 0.1) is 0 Å². The molecule has 1 fully saturated rings. The van der Waals surface area contributed by atoms with E-state index in [2.05, 4.69) is 5.32 Å². The first-order valence-corrected chi connectivity index (χ1v) is 12.5. The van der Waals surface area contributed by atoms with E-state index in [9.17, 15) is 9.90 Å². The maximum atomic E-state index is 15.2. The Morgan fingerprint density at radius 2 is 1.89 bits per heavy atom. The lowest BCUT2D eigenvalue weighted by Crippen LogP contribution is -2.50. The number of aliphatic hydroxyl groups is 1. The van der Waals surface area contributed by atoms with E-state index < -0.39 is 29.7 Å². The van der Waals surface area contributed by atoms with Crippen molar-refractivity contribution in [2.75, 3.05) is 19.6 Å². The molecule has 1 aliphatic rings. The average molecular weight is 541 g/mol. The Hall–Kier alpha value is -2.39. The van der Waals surface area contributed by atoms with Crippen LogP contribution in [-0.4, -0.2) is 47.7 Å². The first-order valence-electron chi connectivity index (χ1n) is 11.8. The van der Waals surface area contributed by atoms with Crippen LogP contribution >= 0.6 is 23.2 Å². The molecule has 2 N–H and O–H groups in total. The number of fused-ring (bicyclic) bond motifs is 1. The minimum absolute atomic E-state index is 0.100. The number of alkyl halides is 2. The van der Waals surface area contributed by atoms with Gasteiger partial charge in [0.25, 0.3) is 5.91 Å². The fourth-order valence-corrected chi connectivity index (χ4v) is 4.70. The van der Waals surface area contributed by atoms with E-state index in [-0.39, 0.29) is 23.3 Å². The lowest BCUT2D eigenvalue weighted by Gasteiger charge is -2.30. The number of halogens is 4. The van der Waals surface area contributed by atoms with E-state index in [1.807, 2.05) is 18.7 Å². The van der Waals surface area contributed by atoms with Crippen LogP contribution < -0.4 is 10.1 Å². The van der Waals surface area contributed by atoms with Gasteiger partial charge >= 0.3 is 5.92 Å². The number of nitrogens with zero attached hydrogens (tertiary/aromatic N) is 1. The second kappa shape index (κ2) is 10.9. The third-order valence-electron chi connectivity index (χ3n) is 6.08. The molecule has 1 amide bonds. The predicted octanol–water partition coefficient (Wildman–Crippen LogP) is 5.93. The summed E-state index contributed by atoms with van der Waals surface area (Å²) in [5.74, 6) is -5.90. The standard InChI is InChI=1S/C26H28Cl2F2N2O4/c1-15(2)35-22-7-5-16(12-19(22)28)24(33)20(14-32-9-3-4-10-32)31-25(34)26(29,30)23-13-17-11-18(27)6-8-21(17)36-23/h5-8,11-13,15,20,24,33H,3-4,9-10,14H2,1-2H3,(H,31,34)/t20-,24-/m1/s1. The van der Waals surface area contributed by atoms with Crippen molar-refractivity contribution in [1.82, 2.24) is 10.2 Å². The molecular formula is C26H28Cl2F2N2O4. The Balaban J connectivity index is 1.57. The van der Waals surface area contributed by atoms with E-state index in [0.29, 0.717) is 21.7 Å². The van der Waals surface area contributed by atoms with Crippen LogP contribution in [0.4, 0.5) is 8.78 Å². The first-order chi connectivity index (χ1) is 17.0. The number of hydrogen-bond donors (Lipinski definition) is 2. The zero-order valence-electron chi connectivity index (χ0n) is 19.9. The molecule has 1 aliphatic heterocycles. The van der Waals surface area contributed by atoms with Crippen LogP contribution in [-0.2, 0) is 10.7 Å². The number of likely N-dealkylation sites (tertiary alicyclic amines) is 1.